The van der Waals surface area contributed by atoms with Crippen LogP contribution in [0.25, 0.3) is 0 Å². The van der Waals surface area contributed by atoms with Gasteiger partial charge in [-0.25, -0.2) is 4.79 Å². The van der Waals surface area contributed by atoms with E-state index in [0.717, 1.165) is 5.76 Å². The number of furan rings is 1. The number of nitrogens with zero attached hydrogens (tertiary/aromatic N) is 1. The molecule has 118 valence electrons. The van der Waals surface area contributed by atoms with Crippen molar-refractivity contribution in [2.24, 2.45) is 0 Å². The predicted molar refractivity (Wildman–Crippen MR) is 76.0 cm³/mol. The Morgan fingerprint density at radius 1 is 1.43 bits per heavy atom. The summed E-state index contributed by atoms with van der Waals surface area (Å²) in [5.74, 6) is 0.620. The molecule has 0 fully saturated rings. The summed E-state index contributed by atoms with van der Waals surface area (Å²) < 4.78 is 10.5. The average Bonchev–Trinajstić information content (AvgIpc) is 2.84. The molecular formula is C14H22N2O5. The summed E-state index contributed by atoms with van der Waals surface area (Å²) in [7, 11) is 1.57. The van der Waals surface area contributed by atoms with E-state index in [2.05, 4.69) is 5.32 Å². The molecule has 2 N–H and O–H groups in total. The van der Waals surface area contributed by atoms with Gasteiger partial charge in [0.15, 0.2) is 0 Å². The van der Waals surface area contributed by atoms with Gasteiger partial charge in [0.2, 0.25) is 0 Å². The van der Waals surface area contributed by atoms with E-state index in [1.54, 1.807) is 12.0 Å². The first-order valence-electron chi connectivity index (χ1n) is 6.81. The van der Waals surface area contributed by atoms with Crippen LogP contribution in [-0.4, -0.2) is 48.8 Å². The van der Waals surface area contributed by atoms with Gasteiger partial charge in [-0.3, -0.25) is 4.79 Å². The Morgan fingerprint density at radius 3 is 2.76 bits per heavy atom. The first kappa shape index (κ1) is 17.0. The van der Waals surface area contributed by atoms with Crippen LogP contribution in [-0.2, 0) is 16.1 Å². The number of carbonyl (C=O) groups excluding carboxylic acids is 1. The number of nitrogens with one attached hydrogen (secondary N) is 1. The Kier molecular flexibility index (Phi) is 7.31. The summed E-state index contributed by atoms with van der Waals surface area (Å²) in [6, 6.07) is 3.41. The van der Waals surface area contributed by atoms with Crippen LogP contribution in [0.1, 0.15) is 24.4 Å². The molecule has 0 aliphatic rings. The Hall–Kier alpha value is -2.02. The summed E-state index contributed by atoms with van der Waals surface area (Å²) in [5, 5.41) is 11.2. The van der Waals surface area contributed by atoms with Crippen LogP contribution in [0.5, 0.6) is 0 Å². The number of carboxylic acids is 1. The number of carbonyl (C=O) groups is 2. The van der Waals surface area contributed by atoms with E-state index in [1.165, 1.54) is 0 Å². The number of aryl methyl sites for hydroxylation is 1. The largest absolute Gasteiger partial charge is 0.481 e. The smallest absolute Gasteiger partial charge is 0.317 e. The average molecular weight is 298 g/mol. The van der Waals surface area contributed by atoms with E-state index in [9.17, 15) is 9.59 Å². The summed E-state index contributed by atoms with van der Waals surface area (Å²) in [6.07, 6.45) is 0.439. The highest BCUT2D eigenvalue weighted by Crippen LogP contribution is 2.09. The van der Waals surface area contributed by atoms with Crippen LogP contribution < -0.4 is 5.32 Å². The van der Waals surface area contributed by atoms with Crippen LogP contribution in [0.15, 0.2) is 16.5 Å². The van der Waals surface area contributed by atoms with Crippen LogP contribution in [0.3, 0.4) is 0 Å². The maximum atomic E-state index is 12.1. The van der Waals surface area contributed by atoms with Gasteiger partial charge in [0.1, 0.15) is 11.5 Å². The van der Waals surface area contributed by atoms with Crippen LogP contribution in [0, 0.1) is 6.92 Å². The molecule has 0 saturated heterocycles. The molecule has 7 heteroatoms. The highest BCUT2D eigenvalue weighted by Gasteiger charge is 2.15. The van der Waals surface area contributed by atoms with Crippen molar-refractivity contribution in [2.75, 3.05) is 26.8 Å². The van der Waals surface area contributed by atoms with E-state index in [-0.39, 0.29) is 12.5 Å². The highest BCUT2D eigenvalue weighted by atomic mass is 16.5. The maximum Gasteiger partial charge on any atom is 0.317 e. The normalized spacial score (nSPS) is 10.4. The van der Waals surface area contributed by atoms with Gasteiger partial charge in [0, 0.05) is 26.6 Å². The van der Waals surface area contributed by atoms with E-state index in [0.29, 0.717) is 38.4 Å². The molecule has 0 aliphatic heterocycles. The van der Waals surface area contributed by atoms with Gasteiger partial charge < -0.3 is 24.5 Å². The number of amides is 2. The lowest BCUT2D eigenvalue weighted by Gasteiger charge is -2.21. The Bertz CT molecular complexity index is 458. The van der Waals surface area contributed by atoms with E-state index in [4.69, 9.17) is 14.3 Å². The monoisotopic (exact) mass is 298 g/mol. The van der Waals surface area contributed by atoms with Gasteiger partial charge in [0.05, 0.1) is 13.2 Å². The number of urea groups is 1. The van der Waals surface area contributed by atoms with E-state index >= 15 is 0 Å². The van der Waals surface area contributed by atoms with Gasteiger partial charge in [-0.15, -0.1) is 0 Å². The summed E-state index contributed by atoms with van der Waals surface area (Å²) in [5.41, 5.74) is 0. The zero-order valence-electron chi connectivity index (χ0n) is 12.4. The quantitative estimate of drug-likeness (QED) is 0.676. The van der Waals surface area contributed by atoms with Crippen molar-refractivity contribution in [3.63, 3.8) is 0 Å². The molecule has 0 spiro atoms. The minimum Gasteiger partial charge on any atom is -0.481 e. The molecule has 0 bridgehead atoms. The molecule has 0 atom stereocenters. The standard InChI is InChI=1S/C14H22N2O5/c1-11-5-6-12(21-11)10-16(8-9-20-2)14(19)15-7-3-4-13(17)18/h5-6H,3-4,7-10H2,1-2H3,(H,15,19)(H,17,18). The molecule has 0 aromatic carbocycles. The molecular weight excluding hydrogens is 276 g/mol. The molecule has 1 rings (SSSR count). The Balaban J connectivity index is 2.47. The second kappa shape index (κ2) is 9.02. The van der Waals surface area contributed by atoms with E-state index in [1.807, 2.05) is 19.1 Å². The first-order valence-corrected chi connectivity index (χ1v) is 6.81. The van der Waals surface area contributed by atoms with Gasteiger partial charge in [-0.05, 0) is 25.5 Å². The molecule has 0 unspecified atom stereocenters. The Labute approximate surface area is 123 Å². The third-order valence-corrected chi connectivity index (χ3v) is 2.84. The number of carboxylic acid groups (broad SMARTS) is 1. The second-order valence-electron chi connectivity index (χ2n) is 4.66. The molecule has 21 heavy (non-hydrogen) atoms. The molecule has 0 radical (unpaired) electrons. The molecule has 0 saturated carbocycles. The van der Waals surface area contributed by atoms with Gasteiger partial charge in [0.25, 0.3) is 0 Å². The lowest BCUT2D eigenvalue weighted by atomic mass is 10.3. The summed E-state index contributed by atoms with van der Waals surface area (Å²) in [6.45, 7) is 3.37. The van der Waals surface area contributed by atoms with Crippen molar-refractivity contribution in [3.05, 3.63) is 23.7 Å². The van der Waals surface area contributed by atoms with Crippen LogP contribution >= 0.6 is 0 Å². The fraction of sp³-hybridized carbons (Fsp3) is 0.571. The lowest BCUT2D eigenvalue weighted by Crippen LogP contribution is -2.41. The number of hydrogen-bond acceptors (Lipinski definition) is 4. The van der Waals surface area contributed by atoms with E-state index < -0.39 is 5.97 Å². The van der Waals surface area contributed by atoms with Gasteiger partial charge >= 0.3 is 12.0 Å². The SMILES string of the molecule is COCCN(Cc1ccc(C)o1)C(=O)NCCCC(=O)O. The fourth-order valence-electron chi connectivity index (χ4n) is 1.76. The minimum absolute atomic E-state index is 0.0374. The van der Waals surface area contributed by atoms with Crippen LogP contribution in [0.4, 0.5) is 4.79 Å². The molecule has 1 aromatic rings. The van der Waals surface area contributed by atoms with Gasteiger partial charge in [-0.1, -0.05) is 0 Å². The zero-order valence-corrected chi connectivity index (χ0v) is 12.4. The van der Waals surface area contributed by atoms with Crippen molar-refractivity contribution in [2.45, 2.75) is 26.3 Å². The number of hydrogen-bond donors (Lipinski definition) is 2. The molecule has 1 heterocycles. The number of methoxy groups -OCH3 is 1. The van der Waals surface area contributed by atoms with Crippen molar-refractivity contribution in [1.82, 2.24) is 10.2 Å². The number of ether oxygens (including phenoxy) is 1. The molecule has 0 aliphatic carbocycles. The third kappa shape index (κ3) is 6.80. The molecule has 1 aromatic heterocycles. The second-order valence-corrected chi connectivity index (χ2v) is 4.66. The van der Waals surface area contributed by atoms with Crippen LogP contribution in [0.2, 0.25) is 0 Å². The Morgan fingerprint density at radius 2 is 2.19 bits per heavy atom. The third-order valence-electron chi connectivity index (χ3n) is 2.84. The van der Waals surface area contributed by atoms with Crippen molar-refractivity contribution >= 4 is 12.0 Å². The van der Waals surface area contributed by atoms with Crippen molar-refractivity contribution in [1.29, 1.82) is 0 Å². The highest BCUT2D eigenvalue weighted by molar-refractivity contribution is 5.74. The summed E-state index contributed by atoms with van der Waals surface area (Å²) >= 11 is 0. The fourth-order valence-corrected chi connectivity index (χ4v) is 1.76. The maximum absolute atomic E-state index is 12.1. The van der Waals surface area contributed by atoms with Crippen molar-refractivity contribution < 1.29 is 23.8 Å². The molecule has 7 nitrogen and oxygen atoms in total. The first-order chi connectivity index (χ1) is 10.0. The minimum atomic E-state index is -0.869. The van der Waals surface area contributed by atoms with Gasteiger partial charge in [-0.2, -0.15) is 0 Å². The topological polar surface area (TPSA) is 92.0 Å². The predicted octanol–water partition coefficient (Wildman–Crippen LogP) is 1.61. The number of aliphatic carboxylic acids is 1. The lowest BCUT2D eigenvalue weighted by molar-refractivity contribution is -0.137. The zero-order chi connectivity index (χ0) is 15.7. The number of rotatable bonds is 9. The molecule has 2 amide bonds. The van der Waals surface area contributed by atoms with Crippen molar-refractivity contribution in [3.8, 4) is 0 Å². The summed E-state index contributed by atoms with van der Waals surface area (Å²) in [4.78, 5) is 24.1.